The number of methoxy groups -OCH3 is 1. The molecule has 0 spiro atoms. The molecule has 1 N–H and O–H groups in total. The van der Waals surface area contributed by atoms with E-state index in [4.69, 9.17) is 16.3 Å². The Balaban J connectivity index is 2.14. The Labute approximate surface area is 154 Å². The standard InChI is InChI=1S/C18H17ClN4O3/c1-26-11-2-3-13-12(10-11)17-16-14(22(8-6-19)9-7-20-17)4-5-15(23(24)25)18(16)21-13/h2-5,10,20H,6-9H2,1H3. The molecule has 0 atom stereocenters. The molecule has 2 heterocycles. The number of halogens is 1. The molecule has 0 radical (unpaired) electrons. The minimum Gasteiger partial charge on any atom is -0.497 e. The van der Waals surface area contributed by atoms with Crippen LogP contribution < -0.4 is 15.0 Å². The van der Waals surface area contributed by atoms with Crippen LogP contribution in [0, 0.1) is 10.1 Å². The van der Waals surface area contributed by atoms with Crippen molar-refractivity contribution in [3.8, 4) is 5.75 Å². The molecule has 7 nitrogen and oxygen atoms in total. The van der Waals surface area contributed by atoms with E-state index in [1.165, 1.54) is 6.07 Å². The summed E-state index contributed by atoms with van der Waals surface area (Å²) in [6.07, 6.45) is 0. The van der Waals surface area contributed by atoms with E-state index in [2.05, 4.69) is 15.2 Å². The third kappa shape index (κ3) is 2.55. The number of ether oxygens (including phenoxy) is 1. The third-order valence-electron chi connectivity index (χ3n) is 4.67. The van der Waals surface area contributed by atoms with Crippen molar-refractivity contribution in [1.82, 2.24) is 4.98 Å². The summed E-state index contributed by atoms with van der Waals surface area (Å²) < 4.78 is 5.34. The zero-order chi connectivity index (χ0) is 18.3. The highest BCUT2D eigenvalue weighted by atomic mass is 35.5. The molecule has 8 heteroatoms. The minimum absolute atomic E-state index is 0.00255. The molecule has 0 fully saturated rings. The van der Waals surface area contributed by atoms with E-state index in [-0.39, 0.29) is 10.6 Å². The van der Waals surface area contributed by atoms with Gasteiger partial charge in [-0.05, 0) is 24.3 Å². The Hall–Kier alpha value is -2.80. The molecule has 3 aromatic rings. The molecule has 0 amide bonds. The Morgan fingerprint density at radius 1 is 1.38 bits per heavy atom. The number of non-ortho nitro benzene ring substituents is 1. The lowest BCUT2D eigenvalue weighted by Gasteiger charge is -2.23. The number of rotatable bonds is 4. The van der Waals surface area contributed by atoms with E-state index in [1.54, 1.807) is 19.2 Å². The monoisotopic (exact) mass is 372 g/mol. The van der Waals surface area contributed by atoms with Crippen LogP contribution >= 0.6 is 11.6 Å². The maximum absolute atomic E-state index is 11.6. The van der Waals surface area contributed by atoms with Crippen molar-refractivity contribution < 1.29 is 9.66 Å². The summed E-state index contributed by atoms with van der Waals surface area (Å²) in [5.74, 6) is 1.19. The van der Waals surface area contributed by atoms with Crippen LogP contribution in [0.3, 0.4) is 0 Å². The molecule has 1 aliphatic rings. The largest absolute Gasteiger partial charge is 0.497 e. The summed E-state index contributed by atoms with van der Waals surface area (Å²) in [6, 6.07) is 8.85. The van der Waals surface area contributed by atoms with Gasteiger partial charge in [-0.1, -0.05) is 0 Å². The lowest BCUT2D eigenvalue weighted by Crippen LogP contribution is -2.29. The Bertz CT molecular complexity index is 1020. The highest BCUT2D eigenvalue weighted by Crippen LogP contribution is 2.42. The Kier molecular flexibility index (Phi) is 4.16. The number of benzene rings is 2. The highest BCUT2D eigenvalue weighted by Gasteiger charge is 2.25. The first-order chi connectivity index (χ1) is 12.6. The second kappa shape index (κ2) is 6.49. The van der Waals surface area contributed by atoms with E-state index in [0.717, 1.165) is 28.7 Å². The summed E-state index contributed by atoms with van der Waals surface area (Å²) in [5.41, 5.74) is 2.82. The van der Waals surface area contributed by atoms with Crippen LogP contribution in [0.2, 0.25) is 0 Å². The van der Waals surface area contributed by atoms with E-state index >= 15 is 0 Å². The van der Waals surface area contributed by atoms with Crippen LogP contribution in [0.4, 0.5) is 17.1 Å². The molecule has 0 bridgehead atoms. The maximum atomic E-state index is 11.6. The van der Waals surface area contributed by atoms with Crippen LogP contribution in [-0.4, -0.2) is 42.5 Å². The van der Waals surface area contributed by atoms with Gasteiger partial charge in [0.2, 0.25) is 0 Å². The molecular formula is C18H17ClN4O3. The summed E-state index contributed by atoms with van der Waals surface area (Å²) in [6.45, 7) is 2.11. The molecule has 1 aliphatic heterocycles. The summed E-state index contributed by atoms with van der Waals surface area (Å²) in [4.78, 5) is 17.9. The molecule has 134 valence electrons. The molecule has 26 heavy (non-hydrogen) atoms. The fourth-order valence-corrected chi connectivity index (χ4v) is 3.69. The van der Waals surface area contributed by atoms with Gasteiger partial charge in [-0.2, -0.15) is 0 Å². The zero-order valence-corrected chi connectivity index (χ0v) is 14.9. The number of hydrogen-bond acceptors (Lipinski definition) is 6. The van der Waals surface area contributed by atoms with Gasteiger partial charge in [0, 0.05) is 42.7 Å². The normalized spacial score (nSPS) is 13.5. The van der Waals surface area contributed by atoms with Crippen molar-refractivity contribution in [3.63, 3.8) is 0 Å². The van der Waals surface area contributed by atoms with Crippen molar-refractivity contribution in [2.75, 3.05) is 42.8 Å². The van der Waals surface area contributed by atoms with Crippen LogP contribution in [0.1, 0.15) is 0 Å². The summed E-state index contributed by atoms with van der Waals surface area (Å²) >= 11 is 5.96. The second-order valence-corrected chi connectivity index (χ2v) is 6.44. The van der Waals surface area contributed by atoms with Crippen LogP contribution in [0.15, 0.2) is 30.3 Å². The number of nitrogens with one attached hydrogen (secondary N) is 1. The second-order valence-electron chi connectivity index (χ2n) is 6.06. The number of fused-ring (bicyclic) bond motifs is 2. The topological polar surface area (TPSA) is 80.5 Å². The third-order valence-corrected chi connectivity index (χ3v) is 4.83. The van der Waals surface area contributed by atoms with Crippen LogP contribution in [0.5, 0.6) is 5.75 Å². The first-order valence-electron chi connectivity index (χ1n) is 8.27. The molecule has 1 aromatic heterocycles. The average molecular weight is 373 g/mol. The molecule has 0 saturated carbocycles. The lowest BCUT2D eigenvalue weighted by molar-refractivity contribution is -0.383. The number of anilines is 2. The first kappa shape index (κ1) is 16.7. The predicted octanol–water partition coefficient (Wildman–Crippen LogP) is 3.78. The van der Waals surface area contributed by atoms with Gasteiger partial charge < -0.3 is 15.0 Å². The molecule has 0 aliphatic carbocycles. The SMILES string of the molecule is COc1ccc2nc3c([N+](=O)[O-])ccc4c3c(c2c1)NCCN4CCCl. The van der Waals surface area contributed by atoms with E-state index < -0.39 is 0 Å². The molecule has 0 saturated heterocycles. The number of alkyl halides is 1. The fourth-order valence-electron chi connectivity index (χ4n) is 3.49. The summed E-state index contributed by atoms with van der Waals surface area (Å²) in [7, 11) is 1.61. The van der Waals surface area contributed by atoms with Crippen molar-refractivity contribution >= 4 is 50.5 Å². The number of pyridine rings is 1. The fraction of sp³-hybridized carbons (Fsp3) is 0.278. The molecule has 4 rings (SSSR count). The average Bonchev–Trinajstić information content (AvgIpc) is 2.83. The van der Waals surface area contributed by atoms with Gasteiger partial charge in [0.25, 0.3) is 5.69 Å². The van der Waals surface area contributed by atoms with Gasteiger partial charge in [0.15, 0.2) is 5.52 Å². The minimum atomic E-state index is -0.387. The summed E-state index contributed by atoms with van der Waals surface area (Å²) in [5, 5.41) is 16.6. The predicted molar refractivity (Wildman–Crippen MR) is 104 cm³/mol. The first-order valence-corrected chi connectivity index (χ1v) is 8.81. The Morgan fingerprint density at radius 2 is 2.23 bits per heavy atom. The van der Waals surface area contributed by atoms with Gasteiger partial charge in [0.1, 0.15) is 5.75 Å². The smallest absolute Gasteiger partial charge is 0.295 e. The van der Waals surface area contributed by atoms with Crippen LogP contribution in [0.25, 0.3) is 21.8 Å². The van der Waals surface area contributed by atoms with Gasteiger partial charge in [-0.3, -0.25) is 10.1 Å². The van der Waals surface area contributed by atoms with Crippen molar-refractivity contribution in [1.29, 1.82) is 0 Å². The Morgan fingerprint density at radius 3 is 2.96 bits per heavy atom. The van der Waals surface area contributed by atoms with Gasteiger partial charge >= 0.3 is 0 Å². The maximum Gasteiger partial charge on any atom is 0.295 e. The number of hydrogen-bond donors (Lipinski definition) is 1. The van der Waals surface area contributed by atoms with Crippen molar-refractivity contribution in [3.05, 3.63) is 40.4 Å². The van der Waals surface area contributed by atoms with Crippen molar-refractivity contribution in [2.24, 2.45) is 0 Å². The quantitative estimate of drug-likeness (QED) is 0.325. The van der Waals surface area contributed by atoms with E-state index in [9.17, 15) is 10.1 Å². The van der Waals surface area contributed by atoms with Crippen LogP contribution in [-0.2, 0) is 0 Å². The zero-order valence-electron chi connectivity index (χ0n) is 14.2. The molecule has 0 unspecified atom stereocenters. The number of nitro benzene ring substituents is 1. The van der Waals surface area contributed by atoms with Gasteiger partial charge in [0.05, 0.1) is 28.6 Å². The number of aromatic nitrogens is 1. The van der Waals surface area contributed by atoms with E-state index in [0.29, 0.717) is 35.8 Å². The number of nitro groups is 1. The molecule has 2 aromatic carbocycles. The number of nitrogens with zero attached hydrogens (tertiary/aromatic N) is 3. The van der Waals surface area contributed by atoms with Gasteiger partial charge in [-0.15, -0.1) is 11.6 Å². The van der Waals surface area contributed by atoms with Crippen molar-refractivity contribution in [2.45, 2.75) is 0 Å². The van der Waals surface area contributed by atoms with E-state index in [1.807, 2.05) is 12.1 Å². The van der Waals surface area contributed by atoms with Gasteiger partial charge in [-0.25, -0.2) is 4.98 Å². The lowest BCUT2D eigenvalue weighted by atomic mass is 10.0. The highest BCUT2D eigenvalue weighted by molar-refractivity contribution is 6.18. The molecular weight excluding hydrogens is 356 g/mol.